The van der Waals surface area contributed by atoms with Crippen LogP contribution in [0.5, 0.6) is 0 Å². The average molecular weight is 362 g/mol. The molecule has 0 aromatic heterocycles. The second-order valence-corrected chi connectivity index (χ2v) is 9.50. The first-order chi connectivity index (χ1) is 11.9. The molecule has 1 saturated carbocycles. The number of anilines is 1. The molecular weight excluding hydrogens is 340 g/mol. The quantitative estimate of drug-likeness (QED) is 0.807. The van der Waals surface area contributed by atoms with Gasteiger partial charge in [0.2, 0.25) is 11.8 Å². The normalized spacial score (nSPS) is 28.3. The summed E-state index contributed by atoms with van der Waals surface area (Å²) in [5.41, 5.74) is 0.809. The topological polar surface area (TPSA) is 74.8 Å². The van der Waals surface area contributed by atoms with Crippen LogP contribution < -0.4 is 4.90 Å². The van der Waals surface area contributed by atoms with Gasteiger partial charge in [0.1, 0.15) is 0 Å². The maximum absolute atomic E-state index is 13.1. The van der Waals surface area contributed by atoms with Gasteiger partial charge in [0.05, 0.1) is 17.4 Å². The first kappa shape index (κ1) is 16.6. The zero-order valence-corrected chi connectivity index (χ0v) is 14.8. The van der Waals surface area contributed by atoms with E-state index >= 15 is 0 Å². The summed E-state index contributed by atoms with van der Waals surface area (Å²) in [6.07, 6.45) is 2.60. The van der Waals surface area contributed by atoms with E-state index in [4.69, 9.17) is 0 Å². The fourth-order valence-electron chi connectivity index (χ4n) is 3.95. The summed E-state index contributed by atoms with van der Waals surface area (Å²) in [4.78, 5) is 28.9. The van der Waals surface area contributed by atoms with Gasteiger partial charge in [-0.15, -0.1) is 0 Å². The average Bonchev–Trinajstić information content (AvgIpc) is 3.24. The van der Waals surface area contributed by atoms with E-state index in [1.807, 2.05) is 30.3 Å². The number of amides is 2. The van der Waals surface area contributed by atoms with E-state index in [9.17, 15) is 18.0 Å². The summed E-state index contributed by atoms with van der Waals surface area (Å²) in [6, 6.07) is 9.31. The molecule has 1 aromatic rings. The summed E-state index contributed by atoms with van der Waals surface area (Å²) in [5, 5.41) is 0. The molecule has 3 fully saturated rings. The van der Waals surface area contributed by atoms with Crippen LogP contribution >= 0.6 is 0 Å². The molecule has 0 bridgehead atoms. The van der Waals surface area contributed by atoms with Gasteiger partial charge in [-0.25, -0.2) is 8.42 Å². The predicted molar refractivity (Wildman–Crippen MR) is 93.8 cm³/mol. The molecular formula is C18H22N2O4S. The summed E-state index contributed by atoms with van der Waals surface area (Å²) in [5.74, 6) is -0.237. The van der Waals surface area contributed by atoms with Gasteiger partial charge < -0.3 is 9.80 Å². The lowest BCUT2D eigenvalue weighted by Gasteiger charge is -2.30. The molecule has 0 N–H and O–H groups in total. The lowest BCUT2D eigenvalue weighted by atomic mass is 10.0. The predicted octanol–water partition coefficient (Wildman–Crippen LogP) is 1.22. The van der Waals surface area contributed by atoms with Crippen molar-refractivity contribution in [1.29, 1.82) is 0 Å². The Kier molecular flexibility index (Phi) is 4.06. The van der Waals surface area contributed by atoms with Gasteiger partial charge >= 0.3 is 0 Å². The minimum absolute atomic E-state index is 0.0423. The van der Waals surface area contributed by atoms with Crippen molar-refractivity contribution in [3.05, 3.63) is 30.3 Å². The van der Waals surface area contributed by atoms with E-state index < -0.39 is 9.84 Å². The number of rotatable bonds is 4. The van der Waals surface area contributed by atoms with Crippen LogP contribution in [0.2, 0.25) is 0 Å². The summed E-state index contributed by atoms with van der Waals surface area (Å²) >= 11 is 0. The van der Waals surface area contributed by atoms with E-state index in [0.29, 0.717) is 13.0 Å². The van der Waals surface area contributed by atoms with Crippen molar-refractivity contribution in [2.24, 2.45) is 5.92 Å². The first-order valence-corrected chi connectivity index (χ1v) is 10.6. The third kappa shape index (κ3) is 3.29. The highest BCUT2D eigenvalue weighted by Gasteiger charge is 2.46. The lowest BCUT2D eigenvalue weighted by Crippen LogP contribution is -2.46. The second kappa shape index (κ2) is 6.12. The van der Waals surface area contributed by atoms with E-state index in [0.717, 1.165) is 18.5 Å². The summed E-state index contributed by atoms with van der Waals surface area (Å²) in [6.45, 7) is 0.379. The first-order valence-electron chi connectivity index (χ1n) is 8.82. The standard InChI is InChI=1S/C18H22N2O4S/c21-17-10-13(11-19(17)14-4-2-1-3-5-14)18(22)20(15-6-7-15)16-8-9-25(23,24)12-16/h1-5,13,15-16H,6-12H2. The highest BCUT2D eigenvalue weighted by molar-refractivity contribution is 7.91. The van der Waals surface area contributed by atoms with E-state index in [2.05, 4.69) is 0 Å². The number of para-hydroxylation sites is 1. The van der Waals surface area contributed by atoms with E-state index in [1.54, 1.807) is 9.80 Å². The molecule has 0 spiro atoms. The number of benzene rings is 1. The zero-order chi connectivity index (χ0) is 17.6. The highest BCUT2D eigenvalue weighted by Crippen LogP contribution is 2.35. The monoisotopic (exact) mass is 362 g/mol. The Balaban J connectivity index is 1.51. The molecule has 25 heavy (non-hydrogen) atoms. The minimum Gasteiger partial charge on any atom is -0.335 e. The van der Waals surface area contributed by atoms with Crippen molar-refractivity contribution in [3.63, 3.8) is 0 Å². The molecule has 6 nitrogen and oxygen atoms in total. The summed E-state index contributed by atoms with van der Waals surface area (Å²) in [7, 11) is -3.04. The van der Waals surface area contributed by atoms with Gasteiger partial charge in [0, 0.05) is 30.7 Å². The number of hydrogen-bond acceptors (Lipinski definition) is 4. The zero-order valence-electron chi connectivity index (χ0n) is 14.0. The lowest BCUT2D eigenvalue weighted by molar-refractivity contribution is -0.138. The molecule has 2 unspecified atom stereocenters. The Labute approximate surface area is 147 Å². The minimum atomic E-state index is -3.04. The molecule has 1 aromatic carbocycles. The highest BCUT2D eigenvalue weighted by atomic mass is 32.2. The fraction of sp³-hybridized carbons (Fsp3) is 0.556. The van der Waals surface area contributed by atoms with Crippen molar-refractivity contribution in [1.82, 2.24) is 4.90 Å². The Morgan fingerprint density at radius 2 is 1.80 bits per heavy atom. The summed E-state index contributed by atoms with van der Waals surface area (Å²) < 4.78 is 23.6. The molecule has 2 atom stereocenters. The van der Waals surface area contributed by atoms with Crippen LogP contribution in [0.4, 0.5) is 5.69 Å². The van der Waals surface area contributed by atoms with Crippen LogP contribution in [0.15, 0.2) is 30.3 Å². The van der Waals surface area contributed by atoms with E-state index in [-0.39, 0.29) is 47.7 Å². The van der Waals surface area contributed by atoms with Crippen molar-refractivity contribution in [3.8, 4) is 0 Å². The van der Waals surface area contributed by atoms with Gasteiger partial charge in [0.25, 0.3) is 0 Å². The van der Waals surface area contributed by atoms with Crippen LogP contribution in [-0.2, 0) is 19.4 Å². The van der Waals surface area contributed by atoms with Crippen LogP contribution in [0.1, 0.15) is 25.7 Å². The molecule has 7 heteroatoms. The van der Waals surface area contributed by atoms with Crippen molar-refractivity contribution in [2.45, 2.75) is 37.8 Å². The van der Waals surface area contributed by atoms with Crippen LogP contribution in [0.3, 0.4) is 0 Å². The number of carbonyl (C=O) groups is 2. The molecule has 2 saturated heterocycles. The SMILES string of the molecule is O=C1CC(C(=O)N(C2CC2)C2CCS(=O)(=O)C2)CN1c1ccccc1. The van der Waals surface area contributed by atoms with Crippen LogP contribution in [0.25, 0.3) is 0 Å². The smallest absolute Gasteiger partial charge is 0.228 e. The van der Waals surface area contributed by atoms with Crippen molar-refractivity contribution >= 4 is 27.3 Å². The van der Waals surface area contributed by atoms with Crippen LogP contribution in [0, 0.1) is 5.92 Å². The second-order valence-electron chi connectivity index (χ2n) is 7.27. The molecule has 1 aliphatic carbocycles. The fourth-order valence-corrected chi connectivity index (χ4v) is 5.66. The molecule has 2 amide bonds. The van der Waals surface area contributed by atoms with E-state index in [1.165, 1.54) is 0 Å². The van der Waals surface area contributed by atoms with Crippen molar-refractivity contribution < 1.29 is 18.0 Å². The largest absolute Gasteiger partial charge is 0.335 e. The van der Waals surface area contributed by atoms with Gasteiger partial charge in [-0.1, -0.05) is 18.2 Å². The van der Waals surface area contributed by atoms with Crippen LogP contribution in [-0.4, -0.2) is 55.3 Å². The number of nitrogens with zero attached hydrogens (tertiary/aromatic N) is 2. The Morgan fingerprint density at radius 3 is 2.40 bits per heavy atom. The molecule has 0 radical (unpaired) electrons. The van der Waals surface area contributed by atoms with Gasteiger partial charge in [0.15, 0.2) is 9.84 Å². The molecule has 3 aliphatic rings. The van der Waals surface area contributed by atoms with Gasteiger partial charge in [-0.05, 0) is 31.4 Å². The number of sulfone groups is 1. The van der Waals surface area contributed by atoms with Crippen molar-refractivity contribution in [2.75, 3.05) is 23.0 Å². The third-order valence-electron chi connectivity index (χ3n) is 5.34. The number of carbonyl (C=O) groups excluding carboxylic acids is 2. The maximum atomic E-state index is 13.1. The Bertz CT molecular complexity index is 789. The maximum Gasteiger partial charge on any atom is 0.228 e. The van der Waals surface area contributed by atoms with Gasteiger partial charge in [-0.3, -0.25) is 9.59 Å². The number of hydrogen-bond donors (Lipinski definition) is 0. The third-order valence-corrected chi connectivity index (χ3v) is 7.09. The Hall–Kier alpha value is -1.89. The molecule has 4 rings (SSSR count). The molecule has 2 aliphatic heterocycles. The Morgan fingerprint density at radius 1 is 1.08 bits per heavy atom. The van der Waals surface area contributed by atoms with Gasteiger partial charge in [-0.2, -0.15) is 0 Å². The molecule has 134 valence electrons. The molecule has 2 heterocycles.